The number of unbranched alkanes of at least 4 members (excludes halogenated alkanes) is 30. The van der Waals surface area contributed by atoms with Crippen LogP contribution in [0.25, 0.3) is 0 Å². The molecule has 1 unspecified atom stereocenters. The average molecular weight is 779 g/mol. The van der Waals surface area contributed by atoms with Gasteiger partial charge in [0.2, 0.25) is 0 Å². The lowest BCUT2D eigenvalue weighted by molar-refractivity contribution is -0.167. The summed E-state index contributed by atoms with van der Waals surface area (Å²) in [5, 5.41) is 0. The van der Waals surface area contributed by atoms with E-state index in [4.69, 9.17) is 14.2 Å². The molecule has 0 rings (SSSR count). The van der Waals surface area contributed by atoms with Crippen LogP contribution in [-0.4, -0.2) is 37.2 Å². The molecule has 0 aliphatic carbocycles. The van der Waals surface area contributed by atoms with Crippen LogP contribution in [-0.2, 0) is 28.6 Å². The molecule has 55 heavy (non-hydrogen) atoms. The number of carbonyl (C=O) groups excluding carboxylic acids is 3. The van der Waals surface area contributed by atoms with Crippen molar-refractivity contribution in [1.29, 1.82) is 0 Å². The molecule has 0 aliphatic rings. The SMILES string of the molecule is CCCCCCCCCCCCCCCC(=O)OC[C@@H](COC(=O)CCCCCCCCCCCCCC)OC(=O)CCCCCCCCCCC(C)CC. The minimum absolute atomic E-state index is 0.0636. The Hall–Kier alpha value is -1.59. The summed E-state index contributed by atoms with van der Waals surface area (Å²) in [7, 11) is 0. The largest absolute Gasteiger partial charge is 0.462 e. The van der Waals surface area contributed by atoms with Crippen LogP contribution >= 0.6 is 0 Å². The number of ether oxygens (including phenoxy) is 3. The predicted molar refractivity (Wildman–Crippen MR) is 233 cm³/mol. The van der Waals surface area contributed by atoms with Crippen molar-refractivity contribution < 1.29 is 28.6 Å². The second kappa shape index (κ2) is 43.5. The monoisotopic (exact) mass is 779 g/mol. The molecule has 0 bridgehead atoms. The van der Waals surface area contributed by atoms with Crippen molar-refractivity contribution >= 4 is 17.9 Å². The van der Waals surface area contributed by atoms with E-state index in [9.17, 15) is 14.4 Å². The summed E-state index contributed by atoms with van der Waals surface area (Å²) >= 11 is 0. The van der Waals surface area contributed by atoms with Crippen LogP contribution in [0.4, 0.5) is 0 Å². The molecule has 0 saturated carbocycles. The van der Waals surface area contributed by atoms with E-state index >= 15 is 0 Å². The molecule has 2 atom stereocenters. The van der Waals surface area contributed by atoms with Crippen LogP contribution in [0.1, 0.15) is 272 Å². The highest BCUT2D eigenvalue weighted by atomic mass is 16.6. The first kappa shape index (κ1) is 53.4. The Morgan fingerprint density at radius 1 is 0.364 bits per heavy atom. The van der Waals surface area contributed by atoms with Crippen molar-refractivity contribution in [1.82, 2.24) is 0 Å². The van der Waals surface area contributed by atoms with E-state index in [1.807, 2.05) is 0 Å². The fourth-order valence-electron chi connectivity index (χ4n) is 7.30. The third-order valence-corrected chi connectivity index (χ3v) is 11.4. The molecule has 0 aromatic heterocycles. The van der Waals surface area contributed by atoms with Gasteiger partial charge < -0.3 is 14.2 Å². The molecule has 0 aromatic carbocycles. The summed E-state index contributed by atoms with van der Waals surface area (Å²) in [6, 6.07) is 0. The normalized spacial score (nSPS) is 12.4. The predicted octanol–water partition coefficient (Wildman–Crippen LogP) is 15.5. The summed E-state index contributed by atoms with van der Waals surface area (Å²) in [5.41, 5.74) is 0. The Morgan fingerprint density at radius 3 is 0.945 bits per heavy atom. The maximum Gasteiger partial charge on any atom is 0.306 e. The number of rotatable bonds is 44. The number of esters is 3. The zero-order chi connectivity index (χ0) is 40.3. The number of hydrogen-bond acceptors (Lipinski definition) is 6. The fraction of sp³-hybridized carbons (Fsp3) is 0.939. The average Bonchev–Trinajstić information content (AvgIpc) is 3.18. The van der Waals surface area contributed by atoms with Crippen molar-refractivity contribution in [2.75, 3.05) is 13.2 Å². The standard InChI is InChI=1S/C49H94O6/c1-5-8-10-12-14-16-18-20-22-24-29-33-37-41-48(51)54-44-46(55-49(52)42-38-34-30-26-25-27-31-35-39-45(4)7-3)43-53-47(50)40-36-32-28-23-21-19-17-15-13-11-9-6-2/h45-46H,5-44H2,1-4H3/t45?,46-/m1/s1. The molecular formula is C49H94O6. The van der Waals surface area contributed by atoms with E-state index in [-0.39, 0.29) is 31.1 Å². The zero-order valence-corrected chi connectivity index (χ0v) is 37.4. The molecule has 6 nitrogen and oxygen atoms in total. The maximum absolute atomic E-state index is 12.7. The summed E-state index contributed by atoms with van der Waals surface area (Å²) in [6.07, 6.45) is 43.6. The second-order valence-electron chi connectivity index (χ2n) is 17.0. The van der Waals surface area contributed by atoms with Crippen molar-refractivity contribution in [3.63, 3.8) is 0 Å². The topological polar surface area (TPSA) is 78.9 Å². The van der Waals surface area contributed by atoms with Crippen LogP contribution in [0.15, 0.2) is 0 Å². The highest BCUT2D eigenvalue weighted by Crippen LogP contribution is 2.17. The van der Waals surface area contributed by atoms with Crippen LogP contribution in [0.3, 0.4) is 0 Å². The van der Waals surface area contributed by atoms with E-state index in [1.54, 1.807) is 0 Å². The van der Waals surface area contributed by atoms with Gasteiger partial charge in [0.25, 0.3) is 0 Å². The summed E-state index contributed by atoms with van der Waals surface area (Å²) in [4.78, 5) is 37.8. The molecule has 0 radical (unpaired) electrons. The fourth-order valence-corrected chi connectivity index (χ4v) is 7.30. The first-order valence-electron chi connectivity index (χ1n) is 24.4. The van der Waals surface area contributed by atoms with Crippen molar-refractivity contribution in [3.8, 4) is 0 Å². The Morgan fingerprint density at radius 2 is 0.636 bits per heavy atom. The smallest absolute Gasteiger partial charge is 0.306 e. The lowest BCUT2D eigenvalue weighted by Crippen LogP contribution is -2.30. The van der Waals surface area contributed by atoms with Crippen LogP contribution in [0, 0.1) is 5.92 Å². The molecule has 0 fully saturated rings. The Kier molecular flexibility index (Phi) is 42.3. The number of hydrogen-bond donors (Lipinski definition) is 0. The van der Waals surface area contributed by atoms with Gasteiger partial charge in [-0.25, -0.2) is 0 Å². The molecule has 0 N–H and O–H groups in total. The first-order valence-corrected chi connectivity index (χ1v) is 24.4. The third kappa shape index (κ3) is 41.9. The van der Waals surface area contributed by atoms with E-state index in [1.165, 1.54) is 167 Å². The lowest BCUT2D eigenvalue weighted by atomic mass is 9.99. The molecule has 0 spiro atoms. The second-order valence-corrected chi connectivity index (χ2v) is 17.0. The molecule has 0 amide bonds. The van der Waals surface area contributed by atoms with Crippen molar-refractivity contribution in [3.05, 3.63) is 0 Å². The molecule has 0 heterocycles. The van der Waals surface area contributed by atoms with Gasteiger partial charge in [0.15, 0.2) is 6.10 Å². The zero-order valence-electron chi connectivity index (χ0n) is 37.4. The number of carbonyl (C=O) groups is 3. The molecule has 6 heteroatoms. The Labute approximate surface area is 342 Å². The quantitative estimate of drug-likeness (QED) is 0.0348. The van der Waals surface area contributed by atoms with Gasteiger partial charge in [-0.05, 0) is 25.2 Å². The van der Waals surface area contributed by atoms with Gasteiger partial charge in [-0.15, -0.1) is 0 Å². The molecule has 0 aromatic rings. The van der Waals surface area contributed by atoms with Crippen LogP contribution < -0.4 is 0 Å². The highest BCUT2D eigenvalue weighted by Gasteiger charge is 2.19. The van der Waals surface area contributed by atoms with Crippen LogP contribution in [0.2, 0.25) is 0 Å². The van der Waals surface area contributed by atoms with E-state index < -0.39 is 6.10 Å². The minimum Gasteiger partial charge on any atom is -0.462 e. The van der Waals surface area contributed by atoms with Gasteiger partial charge >= 0.3 is 17.9 Å². The van der Waals surface area contributed by atoms with Gasteiger partial charge in [-0.1, -0.05) is 233 Å². The molecule has 0 aliphatic heterocycles. The Balaban J connectivity index is 4.33. The maximum atomic E-state index is 12.7. The van der Waals surface area contributed by atoms with Gasteiger partial charge in [-0.2, -0.15) is 0 Å². The summed E-state index contributed by atoms with van der Waals surface area (Å²) in [5.74, 6) is -0.00541. The summed E-state index contributed by atoms with van der Waals surface area (Å²) < 4.78 is 16.8. The lowest BCUT2D eigenvalue weighted by Gasteiger charge is -2.18. The highest BCUT2D eigenvalue weighted by molar-refractivity contribution is 5.71. The van der Waals surface area contributed by atoms with E-state index in [0.29, 0.717) is 19.3 Å². The van der Waals surface area contributed by atoms with Gasteiger partial charge in [0.05, 0.1) is 0 Å². The third-order valence-electron chi connectivity index (χ3n) is 11.4. The van der Waals surface area contributed by atoms with Gasteiger partial charge in [0.1, 0.15) is 13.2 Å². The first-order chi connectivity index (χ1) is 26.9. The van der Waals surface area contributed by atoms with Crippen LogP contribution in [0.5, 0.6) is 0 Å². The van der Waals surface area contributed by atoms with E-state index in [2.05, 4.69) is 27.7 Å². The summed E-state index contributed by atoms with van der Waals surface area (Å²) in [6.45, 7) is 9.01. The molecular weight excluding hydrogens is 685 g/mol. The van der Waals surface area contributed by atoms with Crippen molar-refractivity contribution in [2.24, 2.45) is 5.92 Å². The minimum atomic E-state index is -0.760. The van der Waals surface area contributed by atoms with Gasteiger partial charge in [0, 0.05) is 19.3 Å². The van der Waals surface area contributed by atoms with E-state index in [0.717, 1.165) is 63.7 Å². The molecule has 326 valence electrons. The molecule has 0 saturated heterocycles. The van der Waals surface area contributed by atoms with Gasteiger partial charge in [-0.3, -0.25) is 14.4 Å². The van der Waals surface area contributed by atoms with Crippen molar-refractivity contribution in [2.45, 2.75) is 278 Å². The Bertz CT molecular complexity index is 828.